The lowest BCUT2D eigenvalue weighted by Gasteiger charge is -2.13. The van der Waals surface area contributed by atoms with E-state index >= 15 is 0 Å². The number of anilines is 4. The van der Waals surface area contributed by atoms with Crippen molar-refractivity contribution in [1.29, 1.82) is 0 Å². The van der Waals surface area contributed by atoms with E-state index in [9.17, 15) is 0 Å². The first-order chi connectivity index (χ1) is 15.6. The molecule has 0 saturated heterocycles. The lowest BCUT2D eigenvalue weighted by molar-refractivity contribution is 1.48. The Labute approximate surface area is 195 Å². The smallest absolute Gasteiger partial charge is 0.175 e. The second-order valence-corrected chi connectivity index (χ2v) is 8.11. The summed E-state index contributed by atoms with van der Waals surface area (Å²) in [5, 5.41) is 16.1. The van der Waals surface area contributed by atoms with Crippen LogP contribution in [0.15, 0.2) is 85.2 Å². The topological polar surface area (TPSA) is 79.7 Å². The van der Waals surface area contributed by atoms with Gasteiger partial charge in [0.1, 0.15) is 0 Å². The van der Waals surface area contributed by atoms with Crippen molar-refractivity contribution in [2.75, 3.05) is 21.3 Å². The molecule has 0 unspecified atom stereocenters. The minimum absolute atomic E-state index is 0.526. The molecule has 0 radical (unpaired) electrons. The minimum Gasteiger partial charge on any atom is -0.361 e. The first kappa shape index (κ1) is 20.0. The van der Waals surface area contributed by atoms with Crippen LogP contribution in [0.5, 0.6) is 0 Å². The van der Waals surface area contributed by atoms with Crippen molar-refractivity contribution < 1.29 is 0 Å². The highest BCUT2D eigenvalue weighted by molar-refractivity contribution is 7.81. The van der Waals surface area contributed by atoms with Crippen molar-refractivity contribution in [1.82, 2.24) is 9.97 Å². The highest BCUT2D eigenvalue weighted by atomic mass is 32.1. The lowest BCUT2D eigenvalue weighted by Crippen LogP contribution is -2.20. The Kier molecular flexibility index (Phi) is 5.45. The molecule has 5 aromatic rings. The van der Waals surface area contributed by atoms with Crippen LogP contribution in [0.3, 0.4) is 0 Å². The standard InChI is InChI=1S/C24H20N6S2/c31-23(29-19-5-7-21-15(13-19)9-11-25-21)27-17-1-2-18(4-3-17)28-24(32)30-20-6-8-22-16(14-20)10-12-26-22/h1-14,25-26H,(H2,27,29,31)(H2,28,30,32). The van der Waals surface area contributed by atoms with Crippen molar-refractivity contribution in [3.8, 4) is 0 Å². The Morgan fingerprint density at radius 2 is 0.875 bits per heavy atom. The quantitative estimate of drug-likeness (QED) is 0.179. The summed E-state index contributed by atoms with van der Waals surface area (Å²) in [7, 11) is 0. The van der Waals surface area contributed by atoms with Gasteiger partial charge in [-0.3, -0.25) is 0 Å². The molecule has 0 atom stereocenters. The number of hydrogen-bond acceptors (Lipinski definition) is 2. The Hall–Kier alpha value is -3.88. The number of H-pyrrole nitrogens is 2. The van der Waals surface area contributed by atoms with E-state index in [1.165, 1.54) is 0 Å². The normalized spacial score (nSPS) is 10.8. The largest absolute Gasteiger partial charge is 0.361 e. The molecule has 2 aromatic heterocycles. The van der Waals surface area contributed by atoms with Gasteiger partial charge in [0.2, 0.25) is 0 Å². The third-order valence-corrected chi connectivity index (χ3v) is 5.43. The van der Waals surface area contributed by atoms with Gasteiger partial charge in [-0.15, -0.1) is 0 Å². The molecule has 0 saturated carbocycles. The molecule has 0 amide bonds. The second-order valence-electron chi connectivity index (χ2n) is 7.29. The summed E-state index contributed by atoms with van der Waals surface area (Å²) in [5.74, 6) is 0. The summed E-state index contributed by atoms with van der Waals surface area (Å²) in [6, 6.07) is 24.0. The SMILES string of the molecule is S=C(Nc1ccc(NC(=S)Nc2ccc3[nH]ccc3c2)cc1)Nc1ccc2[nH]ccc2c1. The van der Waals surface area contributed by atoms with Crippen LogP contribution in [0.4, 0.5) is 22.7 Å². The van der Waals surface area contributed by atoms with Gasteiger partial charge in [-0.1, -0.05) is 0 Å². The van der Waals surface area contributed by atoms with Gasteiger partial charge in [0.15, 0.2) is 10.2 Å². The van der Waals surface area contributed by atoms with Crippen molar-refractivity contribution in [2.24, 2.45) is 0 Å². The fraction of sp³-hybridized carbons (Fsp3) is 0. The highest BCUT2D eigenvalue weighted by Gasteiger charge is 2.04. The Balaban J connectivity index is 1.16. The van der Waals surface area contributed by atoms with Crippen molar-refractivity contribution in [3.05, 3.63) is 85.2 Å². The Morgan fingerprint density at radius 3 is 1.31 bits per heavy atom. The maximum absolute atomic E-state index is 5.44. The first-order valence-corrected chi connectivity index (χ1v) is 10.8. The summed E-state index contributed by atoms with van der Waals surface area (Å²) in [4.78, 5) is 6.36. The average molecular weight is 457 g/mol. The fourth-order valence-electron chi connectivity index (χ4n) is 3.49. The summed E-state index contributed by atoms with van der Waals surface area (Å²) >= 11 is 10.9. The van der Waals surface area contributed by atoms with E-state index in [0.717, 1.165) is 44.6 Å². The highest BCUT2D eigenvalue weighted by Crippen LogP contribution is 2.20. The van der Waals surface area contributed by atoms with E-state index in [0.29, 0.717) is 10.2 Å². The number of benzene rings is 3. The fourth-order valence-corrected chi connectivity index (χ4v) is 3.96. The summed E-state index contributed by atoms with van der Waals surface area (Å²) < 4.78 is 0. The Bertz CT molecular complexity index is 1310. The van der Waals surface area contributed by atoms with Gasteiger partial charge in [0.05, 0.1) is 0 Å². The molecule has 8 heteroatoms. The van der Waals surface area contributed by atoms with Gasteiger partial charge >= 0.3 is 0 Å². The Morgan fingerprint density at radius 1 is 0.500 bits per heavy atom. The summed E-state index contributed by atoms with van der Waals surface area (Å²) in [6.45, 7) is 0. The van der Waals surface area contributed by atoms with Gasteiger partial charge in [-0.2, -0.15) is 0 Å². The maximum Gasteiger partial charge on any atom is 0.175 e. The van der Waals surface area contributed by atoms with Gasteiger partial charge in [-0.25, -0.2) is 0 Å². The number of nitrogens with one attached hydrogen (secondary N) is 6. The monoisotopic (exact) mass is 456 g/mol. The zero-order valence-corrected chi connectivity index (χ0v) is 18.5. The maximum atomic E-state index is 5.44. The van der Waals surface area contributed by atoms with Gasteiger partial charge in [0.25, 0.3) is 0 Å². The minimum atomic E-state index is 0.526. The van der Waals surface area contributed by atoms with Crippen molar-refractivity contribution in [2.45, 2.75) is 0 Å². The molecule has 0 aliphatic heterocycles. The average Bonchev–Trinajstić information content (AvgIpc) is 3.43. The molecule has 0 spiro atoms. The summed E-state index contributed by atoms with van der Waals surface area (Å²) in [6.07, 6.45) is 3.84. The first-order valence-electron chi connectivity index (χ1n) is 10.0. The van der Waals surface area contributed by atoms with Crippen LogP contribution in [-0.2, 0) is 0 Å². The molecule has 0 fully saturated rings. The second kappa shape index (κ2) is 8.70. The van der Waals surface area contributed by atoms with Crippen LogP contribution < -0.4 is 21.3 Å². The van der Waals surface area contributed by atoms with E-state index in [2.05, 4.69) is 43.4 Å². The van der Waals surface area contributed by atoms with E-state index in [4.69, 9.17) is 24.4 Å². The molecular formula is C24H20N6S2. The van der Waals surface area contributed by atoms with Crippen LogP contribution in [0, 0.1) is 0 Å². The molecular weight excluding hydrogens is 436 g/mol. The van der Waals surface area contributed by atoms with E-state index in [1.807, 2.05) is 73.1 Å². The zero-order valence-electron chi connectivity index (χ0n) is 16.9. The molecule has 6 N–H and O–H groups in total. The van der Waals surface area contributed by atoms with E-state index in [1.54, 1.807) is 0 Å². The molecule has 3 aromatic carbocycles. The van der Waals surface area contributed by atoms with E-state index in [-0.39, 0.29) is 0 Å². The molecule has 0 aliphatic rings. The molecule has 6 nitrogen and oxygen atoms in total. The van der Waals surface area contributed by atoms with Crippen LogP contribution >= 0.6 is 24.4 Å². The molecule has 32 heavy (non-hydrogen) atoms. The molecule has 2 heterocycles. The molecule has 0 aliphatic carbocycles. The van der Waals surface area contributed by atoms with Crippen LogP contribution in [0.2, 0.25) is 0 Å². The number of aromatic amines is 2. The number of thiocarbonyl (C=S) groups is 2. The van der Waals surface area contributed by atoms with Gasteiger partial charge in [0, 0.05) is 56.9 Å². The third kappa shape index (κ3) is 4.56. The number of rotatable bonds is 4. The molecule has 158 valence electrons. The van der Waals surface area contributed by atoms with Crippen molar-refractivity contribution in [3.63, 3.8) is 0 Å². The van der Waals surface area contributed by atoms with Crippen molar-refractivity contribution >= 4 is 79.2 Å². The zero-order chi connectivity index (χ0) is 21.9. The molecule has 0 bridgehead atoms. The van der Waals surface area contributed by atoms with E-state index < -0.39 is 0 Å². The van der Waals surface area contributed by atoms with Crippen LogP contribution in [-0.4, -0.2) is 20.2 Å². The number of fused-ring (bicyclic) bond motifs is 2. The van der Waals surface area contributed by atoms with Crippen LogP contribution in [0.25, 0.3) is 21.8 Å². The predicted molar refractivity (Wildman–Crippen MR) is 143 cm³/mol. The van der Waals surface area contributed by atoms with Crippen LogP contribution in [0.1, 0.15) is 0 Å². The molecule has 5 rings (SSSR count). The lowest BCUT2D eigenvalue weighted by atomic mass is 10.2. The van der Waals surface area contributed by atoms with Gasteiger partial charge in [-0.05, 0) is 97.2 Å². The van der Waals surface area contributed by atoms with Gasteiger partial charge < -0.3 is 31.2 Å². The predicted octanol–water partition coefficient (Wildman–Crippen LogP) is 6.27. The third-order valence-electron chi connectivity index (χ3n) is 5.02. The summed E-state index contributed by atoms with van der Waals surface area (Å²) in [5.41, 5.74) is 5.81. The number of aromatic nitrogens is 2. The number of hydrogen-bond donors (Lipinski definition) is 6.